The molecule has 0 aromatic carbocycles. The first kappa shape index (κ1) is 12.5. The number of piperidine rings is 2. The summed E-state index contributed by atoms with van der Waals surface area (Å²) in [6, 6.07) is 0.418. The number of hydrogen-bond donors (Lipinski definition) is 0. The Labute approximate surface area is 111 Å². The third kappa shape index (κ3) is 2.63. The Morgan fingerprint density at radius 3 is 2.50 bits per heavy atom. The molecule has 0 unspecified atom stereocenters. The van der Waals surface area contributed by atoms with E-state index >= 15 is 0 Å². The van der Waals surface area contributed by atoms with E-state index in [1.54, 1.807) is 0 Å². The fraction of sp³-hybridized carbons (Fsp3) is 0.917. The topological polar surface area (TPSA) is 29.5 Å². The Balaban J connectivity index is 1.99. The summed E-state index contributed by atoms with van der Waals surface area (Å²) in [7, 11) is 0. The minimum absolute atomic E-state index is 0.120. The average molecular weight is 337 g/mol. The summed E-state index contributed by atoms with van der Waals surface area (Å²) < 4.78 is 6.20. The van der Waals surface area contributed by atoms with Crippen molar-refractivity contribution < 1.29 is 9.53 Å². The molecule has 0 N–H and O–H groups in total. The minimum Gasteiger partial charge on any atom is -0.444 e. The molecular weight excluding hydrogens is 317 g/mol. The normalized spacial score (nSPS) is 34.0. The molecule has 16 heavy (non-hydrogen) atoms. The number of ether oxygens (including phenoxy) is 1. The zero-order chi connectivity index (χ0) is 11.9. The van der Waals surface area contributed by atoms with Crippen LogP contribution in [-0.4, -0.2) is 33.1 Å². The van der Waals surface area contributed by atoms with E-state index in [-0.39, 0.29) is 11.7 Å². The van der Waals surface area contributed by atoms with Gasteiger partial charge in [0.2, 0.25) is 0 Å². The van der Waals surface area contributed by atoms with Gasteiger partial charge in [0.05, 0.1) is 0 Å². The van der Waals surface area contributed by atoms with E-state index in [0.29, 0.717) is 12.0 Å². The Morgan fingerprint density at radius 1 is 1.38 bits per heavy atom. The van der Waals surface area contributed by atoms with Gasteiger partial charge >= 0.3 is 6.09 Å². The summed E-state index contributed by atoms with van der Waals surface area (Å²) in [5, 5.41) is 0. The summed E-state index contributed by atoms with van der Waals surface area (Å²) in [4.78, 5) is 14.0. The second kappa shape index (κ2) is 4.35. The SMILES string of the molecule is CC(C)(C)OC(=O)N1C[C@@H]2CC[C@H]1C[C@@H]2I. The second-order valence-electron chi connectivity index (χ2n) is 5.88. The Kier molecular flexibility index (Phi) is 3.39. The number of amides is 1. The highest BCUT2D eigenvalue weighted by molar-refractivity contribution is 14.1. The molecule has 3 fully saturated rings. The van der Waals surface area contributed by atoms with Crippen molar-refractivity contribution in [2.45, 2.75) is 55.6 Å². The number of nitrogens with zero attached hydrogens (tertiary/aromatic N) is 1. The van der Waals surface area contributed by atoms with Crippen molar-refractivity contribution in [3.8, 4) is 0 Å². The number of halogens is 1. The van der Waals surface area contributed by atoms with E-state index in [2.05, 4.69) is 22.6 Å². The van der Waals surface area contributed by atoms with Gasteiger partial charge in [-0.2, -0.15) is 0 Å². The zero-order valence-corrected chi connectivity index (χ0v) is 12.4. The van der Waals surface area contributed by atoms with E-state index in [9.17, 15) is 4.79 Å². The van der Waals surface area contributed by atoms with Crippen LogP contribution in [0.2, 0.25) is 0 Å². The van der Waals surface area contributed by atoms with E-state index in [0.717, 1.165) is 23.3 Å². The maximum absolute atomic E-state index is 12.0. The molecule has 0 spiro atoms. The van der Waals surface area contributed by atoms with Crippen LogP contribution in [0.15, 0.2) is 0 Å². The largest absolute Gasteiger partial charge is 0.444 e. The van der Waals surface area contributed by atoms with Gasteiger partial charge in [-0.1, -0.05) is 22.6 Å². The summed E-state index contributed by atoms with van der Waals surface area (Å²) in [6.45, 7) is 6.67. The molecule has 1 saturated carbocycles. The average Bonchev–Trinajstić information content (AvgIpc) is 2.15. The molecule has 3 rings (SSSR count). The Morgan fingerprint density at radius 2 is 2.06 bits per heavy atom. The Bertz CT molecular complexity index is 287. The minimum atomic E-state index is -0.377. The molecule has 2 aliphatic heterocycles. The number of alkyl halides is 1. The van der Waals surface area contributed by atoms with Crippen molar-refractivity contribution in [1.29, 1.82) is 0 Å². The first-order valence-electron chi connectivity index (χ1n) is 6.00. The highest BCUT2D eigenvalue weighted by Gasteiger charge is 2.42. The van der Waals surface area contributed by atoms with Crippen LogP contribution >= 0.6 is 22.6 Å². The molecule has 3 aliphatic rings. The van der Waals surface area contributed by atoms with Gasteiger partial charge in [0.15, 0.2) is 0 Å². The lowest BCUT2D eigenvalue weighted by Gasteiger charge is -2.47. The molecule has 3 atom stereocenters. The zero-order valence-electron chi connectivity index (χ0n) is 10.2. The van der Waals surface area contributed by atoms with Crippen LogP contribution in [-0.2, 0) is 4.74 Å². The van der Waals surface area contributed by atoms with Gasteiger partial charge in [-0.05, 0) is 46.0 Å². The van der Waals surface area contributed by atoms with Crippen LogP contribution in [0.1, 0.15) is 40.0 Å². The highest BCUT2D eigenvalue weighted by atomic mass is 127. The molecule has 92 valence electrons. The predicted octanol–water partition coefficient (Wildman–Crippen LogP) is 3.21. The number of fused-ring (bicyclic) bond motifs is 3. The lowest BCUT2D eigenvalue weighted by Crippen LogP contribution is -2.55. The van der Waals surface area contributed by atoms with Gasteiger partial charge in [0.1, 0.15) is 5.60 Å². The molecule has 3 nitrogen and oxygen atoms in total. The molecule has 2 heterocycles. The maximum atomic E-state index is 12.0. The van der Waals surface area contributed by atoms with E-state index in [1.807, 2.05) is 25.7 Å². The lowest BCUT2D eigenvalue weighted by atomic mass is 9.80. The van der Waals surface area contributed by atoms with Crippen LogP contribution in [0.3, 0.4) is 0 Å². The van der Waals surface area contributed by atoms with E-state index in [4.69, 9.17) is 4.74 Å². The van der Waals surface area contributed by atoms with Crippen molar-refractivity contribution in [2.75, 3.05) is 6.54 Å². The molecule has 4 heteroatoms. The van der Waals surface area contributed by atoms with Crippen LogP contribution < -0.4 is 0 Å². The van der Waals surface area contributed by atoms with Crippen molar-refractivity contribution in [1.82, 2.24) is 4.90 Å². The quantitative estimate of drug-likeness (QED) is 0.502. The number of hydrogen-bond acceptors (Lipinski definition) is 2. The number of carbonyl (C=O) groups excluding carboxylic acids is 1. The monoisotopic (exact) mass is 337 g/mol. The second-order valence-corrected chi connectivity index (χ2v) is 7.48. The maximum Gasteiger partial charge on any atom is 0.410 e. The fourth-order valence-corrected chi connectivity index (χ4v) is 3.77. The Hall–Kier alpha value is 0. The number of carbonyl (C=O) groups is 1. The first-order chi connectivity index (χ1) is 7.37. The summed E-state index contributed by atoms with van der Waals surface area (Å²) in [5.74, 6) is 0.679. The van der Waals surface area contributed by atoms with Gasteiger partial charge in [-0.3, -0.25) is 0 Å². The third-order valence-corrected chi connectivity index (χ3v) is 4.90. The summed E-state index contributed by atoms with van der Waals surface area (Å²) in [6.07, 6.45) is 3.45. The van der Waals surface area contributed by atoms with Crippen LogP contribution in [0.5, 0.6) is 0 Å². The molecule has 0 aromatic rings. The van der Waals surface area contributed by atoms with Gasteiger partial charge in [0.25, 0.3) is 0 Å². The van der Waals surface area contributed by atoms with Gasteiger partial charge in [-0.15, -0.1) is 0 Å². The standard InChI is InChI=1S/C12H20INO2/c1-12(2,3)16-11(15)14-7-8-4-5-9(14)6-10(8)13/h8-10H,4-7H2,1-3H3/t8-,9-,10-/m0/s1. The molecule has 0 aromatic heterocycles. The highest BCUT2D eigenvalue weighted by Crippen LogP contribution is 2.39. The third-order valence-electron chi connectivity index (χ3n) is 3.38. The molecular formula is C12H20INO2. The van der Waals surface area contributed by atoms with Gasteiger partial charge in [-0.25, -0.2) is 4.79 Å². The van der Waals surface area contributed by atoms with E-state index in [1.165, 1.54) is 6.42 Å². The lowest BCUT2D eigenvalue weighted by molar-refractivity contribution is -0.00953. The predicted molar refractivity (Wildman–Crippen MR) is 71.9 cm³/mol. The number of rotatable bonds is 0. The summed E-state index contributed by atoms with van der Waals surface area (Å²) in [5.41, 5.74) is -0.377. The van der Waals surface area contributed by atoms with Crippen molar-refractivity contribution >= 4 is 28.7 Å². The fourth-order valence-electron chi connectivity index (χ4n) is 2.59. The van der Waals surface area contributed by atoms with Gasteiger partial charge < -0.3 is 9.64 Å². The van der Waals surface area contributed by atoms with Crippen LogP contribution in [0, 0.1) is 5.92 Å². The van der Waals surface area contributed by atoms with Crippen LogP contribution in [0.4, 0.5) is 4.79 Å². The van der Waals surface area contributed by atoms with Crippen molar-refractivity contribution in [3.63, 3.8) is 0 Å². The molecule has 2 bridgehead atoms. The molecule has 2 saturated heterocycles. The van der Waals surface area contributed by atoms with Crippen molar-refractivity contribution in [2.24, 2.45) is 5.92 Å². The molecule has 1 amide bonds. The van der Waals surface area contributed by atoms with E-state index < -0.39 is 0 Å². The van der Waals surface area contributed by atoms with Gasteiger partial charge in [0, 0.05) is 16.5 Å². The smallest absolute Gasteiger partial charge is 0.410 e. The summed E-state index contributed by atoms with van der Waals surface area (Å²) >= 11 is 2.53. The van der Waals surface area contributed by atoms with Crippen molar-refractivity contribution in [3.05, 3.63) is 0 Å². The first-order valence-corrected chi connectivity index (χ1v) is 7.25. The molecule has 0 radical (unpaired) electrons. The van der Waals surface area contributed by atoms with Crippen LogP contribution in [0.25, 0.3) is 0 Å². The molecule has 1 aliphatic carbocycles.